The third-order valence-electron chi connectivity index (χ3n) is 4.68. The van der Waals surface area contributed by atoms with Gasteiger partial charge in [0.2, 0.25) is 5.91 Å². The molecule has 0 radical (unpaired) electrons. The van der Waals surface area contributed by atoms with Crippen LogP contribution in [-0.2, 0) is 21.2 Å². The fraction of sp³-hybridized carbons (Fsp3) is 0.174. The molecule has 8 heteroatoms. The second-order valence-electron chi connectivity index (χ2n) is 7.01. The van der Waals surface area contributed by atoms with Crippen LogP contribution in [0.2, 0.25) is 10.0 Å². The highest BCUT2D eigenvalue weighted by Crippen LogP contribution is 2.28. The van der Waals surface area contributed by atoms with Crippen molar-refractivity contribution in [2.24, 2.45) is 0 Å². The number of aryl methyl sites for hydroxylation is 2. The summed E-state index contributed by atoms with van der Waals surface area (Å²) < 4.78 is 28.2. The molecule has 0 saturated carbocycles. The Kier molecular flexibility index (Phi) is 7.26. The fourth-order valence-corrected chi connectivity index (χ4v) is 5.13. The van der Waals surface area contributed by atoms with Crippen LogP contribution in [0.1, 0.15) is 18.1 Å². The van der Waals surface area contributed by atoms with E-state index in [4.69, 9.17) is 23.2 Å². The summed E-state index contributed by atoms with van der Waals surface area (Å²) in [5, 5.41) is 3.41. The largest absolute Gasteiger partial charge is 0.324 e. The van der Waals surface area contributed by atoms with E-state index in [1.165, 1.54) is 0 Å². The van der Waals surface area contributed by atoms with Crippen molar-refractivity contribution < 1.29 is 13.2 Å². The van der Waals surface area contributed by atoms with Gasteiger partial charge in [0.05, 0.1) is 10.6 Å². The Labute approximate surface area is 192 Å². The Morgan fingerprint density at radius 1 is 0.968 bits per heavy atom. The van der Waals surface area contributed by atoms with E-state index in [1.54, 1.807) is 54.6 Å². The van der Waals surface area contributed by atoms with Crippen molar-refractivity contribution in [3.8, 4) is 0 Å². The van der Waals surface area contributed by atoms with Gasteiger partial charge in [-0.3, -0.25) is 9.10 Å². The number of hydrogen-bond acceptors (Lipinski definition) is 3. The maximum absolute atomic E-state index is 13.5. The molecule has 1 N–H and O–H groups in total. The topological polar surface area (TPSA) is 66.5 Å². The van der Waals surface area contributed by atoms with Crippen molar-refractivity contribution >= 4 is 50.5 Å². The standard InChI is InChI=1S/C23H22Cl2N2O3S/c1-3-17-6-4-5-7-22(17)27(31(29,30)21-10-8-16(2)9-11-21)15-23(28)26-20-13-18(24)12-19(25)14-20/h4-14H,3,15H2,1-2H3,(H,26,28). The van der Waals surface area contributed by atoms with E-state index < -0.39 is 22.5 Å². The Morgan fingerprint density at radius 3 is 2.19 bits per heavy atom. The number of carbonyl (C=O) groups excluding carboxylic acids is 1. The van der Waals surface area contributed by atoms with Crippen molar-refractivity contribution in [1.29, 1.82) is 0 Å². The Hall–Kier alpha value is -2.54. The molecular weight excluding hydrogens is 455 g/mol. The summed E-state index contributed by atoms with van der Waals surface area (Å²) in [5.41, 5.74) is 2.61. The van der Waals surface area contributed by atoms with Crippen molar-refractivity contribution in [2.75, 3.05) is 16.2 Å². The molecule has 0 unspecified atom stereocenters. The number of anilines is 2. The van der Waals surface area contributed by atoms with Crippen molar-refractivity contribution in [3.05, 3.63) is 87.9 Å². The number of para-hydroxylation sites is 1. The number of sulfonamides is 1. The normalized spacial score (nSPS) is 11.2. The molecule has 0 aliphatic carbocycles. The second-order valence-corrected chi connectivity index (χ2v) is 9.75. The molecule has 1 amide bonds. The van der Waals surface area contributed by atoms with Gasteiger partial charge < -0.3 is 5.32 Å². The lowest BCUT2D eigenvalue weighted by atomic mass is 10.1. The van der Waals surface area contributed by atoms with Gasteiger partial charge in [0.25, 0.3) is 10.0 Å². The van der Waals surface area contributed by atoms with Crippen LogP contribution >= 0.6 is 23.2 Å². The number of halogens is 2. The maximum Gasteiger partial charge on any atom is 0.264 e. The minimum atomic E-state index is -3.99. The predicted molar refractivity (Wildman–Crippen MR) is 127 cm³/mol. The first-order valence-corrected chi connectivity index (χ1v) is 11.8. The summed E-state index contributed by atoms with van der Waals surface area (Å²) in [7, 11) is -3.99. The third-order valence-corrected chi connectivity index (χ3v) is 6.89. The summed E-state index contributed by atoms with van der Waals surface area (Å²) in [5.74, 6) is -0.514. The first-order valence-electron chi connectivity index (χ1n) is 9.64. The summed E-state index contributed by atoms with van der Waals surface area (Å²) in [6.45, 7) is 3.41. The maximum atomic E-state index is 13.5. The van der Waals surface area contributed by atoms with Gasteiger partial charge in [0.15, 0.2) is 0 Å². The summed E-state index contributed by atoms with van der Waals surface area (Å²) >= 11 is 12.0. The Balaban J connectivity index is 1.99. The predicted octanol–water partition coefficient (Wildman–Crippen LogP) is 5.70. The van der Waals surface area contributed by atoms with Crippen molar-refractivity contribution in [2.45, 2.75) is 25.2 Å². The number of nitrogens with one attached hydrogen (secondary N) is 1. The quantitative estimate of drug-likeness (QED) is 0.475. The number of rotatable bonds is 7. The number of nitrogens with zero attached hydrogens (tertiary/aromatic N) is 1. The molecule has 31 heavy (non-hydrogen) atoms. The average Bonchev–Trinajstić information content (AvgIpc) is 2.71. The van der Waals surface area contributed by atoms with Gasteiger partial charge in [-0.1, -0.05) is 66.0 Å². The van der Waals surface area contributed by atoms with Gasteiger partial charge in [-0.2, -0.15) is 0 Å². The SMILES string of the molecule is CCc1ccccc1N(CC(=O)Nc1cc(Cl)cc(Cl)c1)S(=O)(=O)c1ccc(C)cc1. The van der Waals surface area contributed by atoms with E-state index in [-0.39, 0.29) is 4.90 Å². The number of carbonyl (C=O) groups is 1. The molecule has 0 heterocycles. The third kappa shape index (κ3) is 5.58. The van der Waals surface area contributed by atoms with E-state index in [9.17, 15) is 13.2 Å². The Morgan fingerprint density at radius 2 is 1.58 bits per heavy atom. The molecule has 0 bridgehead atoms. The first-order chi connectivity index (χ1) is 14.7. The van der Waals surface area contributed by atoms with Gasteiger partial charge >= 0.3 is 0 Å². The monoisotopic (exact) mass is 476 g/mol. The van der Waals surface area contributed by atoms with Gasteiger partial charge in [-0.05, 0) is 55.3 Å². The summed E-state index contributed by atoms with van der Waals surface area (Å²) in [4.78, 5) is 13.0. The minimum Gasteiger partial charge on any atom is -0.324 e. The summed E-state index contributed by atoms with van der Waals surface area (Å²) in [6, 6.07) is 18.3. The zero-order chi connectivity index (χ0) is 22.6. The van der Waals surface area contributed by atoms with Gasteiger partial charge in [0.1, 0.15) is 6.54 Å². The van der Waals surface area contributed by atoms with Crippen LogP contribution in [0.4, 0.5) is 11.4 Å². The van der Waals surface area contributed by atoms with E-state index in [0.717, 1.165) is 15.4 Å². The molecular formula is C23H22Cl2N2O3S. The molecule has 0 aliphatic rings. The van der Waals surface area contributed by atoms with Crippen molar-refractivity contribution in [1.82, 2.24) is 0 Å². The molecule has 162 valence electrons. The summed E-state index contributed by atoms with van der Waals surface area (Å²) in [6.07, 6.45) is 0.613. The highest BCUT2D eigenvalue weighted by atomic mass is 35.5. The molecule has 5 nitrogen and oxygen atoms in total. The fourth-order valence-electron chi connectivity index (χ4n) is 3.15. The van der Waals surface area contributed by atoms with Crippen LogP contribution in [0, 0.1) is 6.92 Å². The molecule has 0 atom stereocenters. The number of benzene rings is 3. The van der Waals surface area contributed by atoms with Crippen LogP contribution in [0.15, 0.2) is 71.6 Å². The smallest absolute Gasteiger partial charge is 0.264 e. The van der Waals surface area contributed by atoms with E-state index in [2.05, 4.69) is 5.32 Å². The number of hydrogen-bond donors (Lipinski definition) is 1. The second kappa shape index (κ2) is 9.73. The molecule has 3 rings (SSSR count). The van der Waals surface area contributed by atoms with E-state index in [0.29, 0.717) is 27.8 Å². The van der Waals surface area contributed by atoms with E-state index in [1.807, 2.05) is 26.0 Å². The van der Waals surface area contributed by atoms with Gasteiger partial charge in [0, 0.05) is 15.7 Å². The first kappa shape index (κ1) is 23.1. The molecule has 0 saturated heterocycles. The van der Waals surface area contributed by atoms with Crippen LogP contribution < -0.4 is 9.62 Å². The van der Waals surface area contributed by atoms with Gasteiger partial charge in [-0.25, -0.2) is 8.42 Å². The van der Waals surface area contributed by atoms with Crippen LogP contribution in [0.25, 0.3) is 0 Å². The van der Waals surface area contributed by atoms with Crippen molar-refractivity contribution in [3.63, 3.8) is 0 Å². The number of amides is 1. The van der Waals surface area contributed by atoms with Crippen LogP contribution in [0.5, 0.6) is 0 Å². The minimum absolute atomic E-state index is 0.114. The molecule has 0 aliphatic heterocycles. The highest BCUT2D eigenvalue weighted by Gasteiger charge is 2.28. The molecule has 0 spiro atoms. The lowest BCUT2D eigenvalue weighted by Gasteiger charge is -2.26. The zero-order valence-electron chi connectivity index (χ0n) is 17.1. The van der Waals surface area contributed by atoms with Crippen LogP contribution in [0.3, 0.4) is 0 Å². The van der Waals surface area contributed by atoms with Gasteiger partial charge in [-0.15, -0.1) is 0 Å². The van der Waals surface area contributed by atoms with E-state index >= 15 is 0 Å². The molecule has 0 aromatic heterocycles. The lowest BCUT2D eigenvalue weighted by Crippen LogP contribution is -2.38. The average molecular weight is 477 g/mol. The van der Waals surface area contributed by atoms with Crippen LogP contribution in [-0.4, -0.2) is 20.9 Å². The highest BCUT2D eigenvalue weighted by molar-refractivity contribution is 7.92. The Bertz CT molecular complexity index is 1180. The molecule has 3 aromatic rings. The zero-order valence-corrected chi connectivity index (χ0v) is 19.4. The lowest BCUT2D eigenvalue weighted by molar-refractivity contribution is -0.114. The molecule has 0 fully saturated rings. The molecule has 3 aromatic carbocycles.